The van der Waals surface area contributed by atoms with Crippen LogP contribution in [0.15, 0.2) is 12.2 Å². The zero-order valence-corrected chi connectivity index (χ0v) is 8.84. The van der Waals surface area contributed by atoms with Crippen LogP contribution < -0.4 is 0 Å². The molecule has 0 fully saturated rings. The molecule has 0 radical (unpaired) electrons. The molecule has 0 aromatic heterocycles. The highest BCUT2D eigenvalue weighted by molar-refractivity contribution is 5.79. The summed E-state index contributed by atoms with van der Waals surface area (Å²) in [5, 5.41) is 8.46. The summed E-state index contributed by atoms with van der Waals surface area (Å²) in [6, 6.07) is 0. The third-order valence-corrected chi connectivity index (χ3v) is 2.10. The van der Waals surface area contributed by atoms with Crippen LogP contribution in [0.25, 0.3) is 0 Å². The van der Waals surface area contributed by atoms with E-state index in [1.54, 1.807) is 6.08 Å². The van der Waals surface area contributed by atoms with Gasteiger partial charge in [0.15, 0.2) is 0 Å². The number of hydrogen-bond acceptors (Lipinski definition) is 1. The lowest BCUT2D eigenvalue weighted by Crippen LogP contribution is -2.07. The van der Waals surface area contributed by atoms with Gasteiger partial charge >= 0.3 is 5.97 Å². The average molecular weight is 184 g/mol. The molecule has 0 aliphatic carbocycles. The molecule has 2 nitrogen and oxygen atoms in total. The van der Waals surface area contributed by atoms with Crippen LogP contribution in [-0.2, 0) is 4.79 Å². The van der Waals surface area contributed by atoms with Gasteiger partial charge in [0.2, 0.25) is 0 Å². The van der Waals surface area contributed by atoms with Crippen LogP contribution in [-0.4, -0.2) is 11.1 Å². The molecule has 0 aliphatic heterocycles. The molecule has 2 heteroatoms. The highest BCUT2D eigenvalue weighted by Gasteiger charge is 2.12. The standard InChI is InChI=1S/C11H20O2/c1-4-5-6-8-11(2,3)9-7-10(12)13/h7,9H,4-6,8H2,1-3H3,(H,12,13). The van der Waals surface area contributed by atoms with Crippen LogP contribution in [0.4, 0.5) is 0 Å². The van der Waals surface area contributed by atoms with Crippen molar-refractivity contribution in [2.24, 2.45) is 5.41 Å². The van der Waals surface area contributed by atoms with E-state index in [4.69, 9.17) is 5.11 Å². The molecule has 0 aromatic rings. The molecule has 0 saturated heterocycles. The number of carbonyl (C=O) groups is 1. The summed E-state index contributed by atoms with van der Waals surface area (Å²) in [6.07, 6.45) is 7.69. The first-order valence-corrected chi connectivity index (χ1v) is 4.90. The third-order valence-electron chi connectivity index (χ3n) is 2.10. The molecule has 0 saturated carbocycles. The topological polar surface area (TPSA) is 37.3 Å². The van der Waals surface area contributed by atoms with E-state index in [1.807, 2.05) is 0 Å². The fourth-order valence-corrected chi connectivity index (χ4v) is 1.21. The molecule has 13 heavy (non-hydrogen) atoms. The molecule has 0 unspecified atom stereocenters. The first kappa shape index (κ1) is 12.2. The summed E-state index contributed by atoms with van der Waals surface area (Å²) in [4.78, 5) is 10.3. The third kappa shape index (κ3) is 7.57. The maximum Gasteiger partial charge on any atom is 0.327 e. The van der Waals surface area contributed by atoms with E-state index in [9.17, 15) is 4.79 Å². The number of allylic oxidation sites excluding steroid dienone is 1. The first-order valence-electron chi connectivity index (χ1n) is 4.90. The Morgan fingerprint density at radius 2 is 2.00 bits per heavy atom. The van der Waals surface area contributed by atoms with Crippen LogP contribution in [0, 0.1) is 5.41 Å². The number of carboxylic acid groups (broad SMARTS) is 1. The predicted molar refractivity (Wildman–Crippen MR) is 54.7 cm³/mol. The molecule has 0 aromatic carbocycles. The fraction of sp³-hybridized carbons (Fsp3) is 0.727. The highest BCUT2D eigenvalue weighted by Crippen LogP contribution is 2.25. The van der Waals surface area contributed by atoms with E-state index >= 15 is 0 Å². The Bertz CT molecular complexity index is 181. The van der Waals surface area contributed by atoms with Gasteiger partial charge in [0.1, 0.15) is 0 Å². The lowest BCUT2D eigenvalue weighted by atomic mass is 9.86. The Labute approximate surface area is 80.7 Å². The van der Waals surface area contributed by atoms with E-state index in [0.717, 1.165) is 6.42 Å². The van der Waals surface area contributed by atoms with Gasteiger partial charge in [0, 0.05) is 6.08 Å². The second-order valence-electron chi connectivity index (χ2n) is 4.12. The zero-order valence-electron chi connectivity index (χ0n) is 8.84. The number of hydrogen-bond donors (Lipinski definition) is 1. The molecule has 0 heterocycles. The van der Waals surface area contributed by atoms with Crippen LogP contribution in [0.1, 0.15) is 46.5 Å². The molecular formula is C11H20O2. The normalized spacial score (nSPS) is 12.2. The average Bonchev–Trinajstić information content (AvgIpc) is 2.02. The molecule has 0 atom stereocenters. The summed E-state index contributed by atoms with van der Waals surface area (Å²) >= 11 is 0. The lowest BCUT2D eigenvalue weighted by molar-refractivity contribution is -0.131. The smallest absolute Gasteiger partial charge is 0.327 e. The highest BCUT2D eigenvalue weighted by atomic mass is 16.4. The molecule has 0 amide bonds. The SMILES string of the molecule is CCCCCC(C)(C)C=CC(=O)O. The van der Waals surface area contributed by atoms with E-state index < -0.39 is 5.97 Å². The van der Waals surface area contributed by atoms with E-state index in [2.05, 4.69) is 20.8 Å². The summed E-state index contributed by atoms with van der Waals surface area (Å²) in [7, 11) is 0. The second kappa shape index (κ2) is 5.79. The molecular weight excluding hydrogens is 164 g/mol. The van der Waals surface area contributed by atoms with Gasteiger partial charge in [-0.1, -0.05) is 46.1 Å². The predicted octanol–water partition coefficient (Wildman–Crippen LogP) is 3.23. The van der Waals surface area contributed by atoms with Crippen molar-refractivity contribution in [2.45, 2.75) is 46.5 Å². The van der Waals surface area contributed by atoms with Crippen LogP contribution in [0.3, 0.4) is 0 Å². The van der Waals surface area contributed by atoms with Crippen LogP contribution in [0.2, 0.25) is 0 Å². The Hall–Kier alpha value is -0.790. The Morgan fingerprint density at radius 1 is 1.38 bits per heavy atom. The van der Waals surface area contributed by atoms with Gasteiger partial charge in [-0.05, 0) is 11.8 Å². The van der Waals surface area contributed by atoms with Crippen LogP contribution in [0.5, 0.6) is 0 Å². The van der Waals surface area contributed by atoms with Crippen molar-refractivity contribution in [3.8, 4) is 0 Å². The van der Waals surface area contributed by atoms with Crippen molar-refractivity contribution in [1.29, 1.82) is 0 Å². The largest absolute Gasteiger partial charge is 0.478 e. The van der Waals surface area contributed by atoms with Gasteiger partial charge in [-0.3, -0.25) is 0 Å². The minimum absolute atomic E-state index is 0.0214. The monoisotopic (exact) mass is 184 g/mol. The van der Waals surface area contributed by atoms with Crippen molar-refractivity contribution in [2.75, 3.05) is 0 Å². The van der Waals surface area contributed by atoms with E-state index in [1.165, 1.54) is 25.3 Å². The molecule has 1 N–H and O–H groups in total. The van der Waals surface area contributed by atoms with Gasteiger partial charge in [-0.15, -0.1) is 0 Å². The number of carboxylic acids is 1. The minimum Gasteiger partial charge on any atom is -0.478 e. The van der Waals surface area contributed by atoms with Crippen molar-refractivity contribution in [3.63, 3.8) is 0 Å². The van der Waals surface area contributed by atoms with Crippen molar-refractivity contribution in [3.05, 3.63) is 12.2 Å². The maximum atomic E-state index is 10.3. The molecule has 0 bridgehead atoms. The summed E-state index contributed by atoms with van der Waals surface area (Å²) in [5.41, 5.74) is 0.0214. The Kier molecular flexibility index (Phi) is 5.44. The van der Waals surface area contributed by atoms with Gasteiger partial charge in [-0.25, -0.2) is 4.79 Å². The second-order valence-corrected chi connectivity index (χ2v) is 4.12. The molecule has 0 rings (SSSR count). The van der Waals surface area contributed by atoms with Gasteiger partial charge in [0.05, 0.1) is 0 Å². The molecule has 76 valence electrons. The quantitative estimate of drug-likeness (QED) is 0.508. The van der Waals surface area contributed by atoms with Gasteiger partial charge in [-0.2, -0.15) is 0 Å². The van der Waals surface area contributed by atoms with E-state index in [0.29, 0.717) is 0 Å². The van der Waals surface area contributed by atoms with Gasteiger partial charge < -0.3 is 5.11 Å². The number of unbranched alkanes of at least 4 members (excludes halogenated alkanes) is 2. The zero-order chi connectivity index (χ0) is 10.3. The Morgan fingerprint density at radius 3 is 2.46 bits per heavy atom. The maximum absolute atomic E-state index is 10.3. The van der Waals surface area contributed by atoms with Gasteiger partial charge in [0.25, 0.3) is 0 Å². The summed E-state index contributed by atoms with van der Waals surface area (Å²) < 4.78 is 0. The number of aliphatic carboxylic acids is 1. The van der Waals surface area contributed by atoms with Crippen molar-refractivity contribution < 1.29 is 9.90 Å². The fourth-order valence-electron chi connectivity index (χ4n) is 1.21. The van der Waals surface area contributed by atoms with E-state index in [-0.39, 0.29) is 5.41 Å². The summed E-state index contributed by atoms with van der Waals surface area (Å²) in [5.74, 6) is -0.858. The summed E-state index contributed by atoms with van der Waals surface area (Å²) in [6.45, 7) is 6.31. The number of rotatable bonds is 6. The van der Waals surface area contributed by atoms with Crippen molar-refractivity contribution in [1.82, 2.24) is 0 Å². The lowest BCUT2D eigenvalue weighted by Gasteiger charge is -2.19. The molecule has 0 aliphatic rings. The van der Waals surface area contributed by atoms with Crippen molar-refractivity contribution >= 4 is 5.97 Å². The minimum atomic E-state index is -0.858. The van der Waals surface area contributed by atoms with Crippen LogP contribution >= 0.6 is 0 Å². The molecule has 0 spiro atoms. The first-order chi connectivity index (χ1) is 5.98. The Balaban J connectivity index is 3.85.